The van der Waals surface area contributed by atoms with Crippen molar-refractivity contribution in [3.8, 4) is 28.7 Å². The molecule has 0 fully saturated rings. The fraction of sp³-hybridized carbons (Fsp3) is 0.333. The summed E-state index contributed by atoms with van der Waals surface area (Å²) in [6.07, 6.45) is 0.0521. The van der Waals surface area contributed by atoms with Crippen molar-refractivity contribution in [1.29, 1.82) is 0 Å². The predicted molar refractivity (Wildman–Crippen MR) is 102 cm³/mol. The summed E-state index contributed by atoms with van der Waals surface area (Å²) in [6, 6.07) is 5.51. The molecule has 0 saturated heterocycles. The summed E-state index contributed by atoms with van der Waals surface area (Å²) >= 11 is 0. The van der Waals surface area contributed by atoms with Crippen molar-refractivity contribution in [2.24, 2.45) is 4.99 Å². The highest BCUT2D eigenvalue weighted by Gasteiger charge is 2.42. The molecular weight excluding hydrogens is 378 g/mol. The minimum atomic E-state index is -0.675. The number of hydrogen-bond acceptors (Lipinski definition) is 8. The van der Waals surface area contributed by atoms with E-state index in [2.05, 4.69) is 0 Å². The van der Waals surface area contributed by atoms with Gasteiger partial charge in [0.1, 0.15) is 5.56 Å². The zero-order chi connectivity index (χ0) is 20.1. The van der Waals surface area contributed by atoms with Gasteiger partial charge in [0.05, 0.1) is 27.0 Å². The SMILES string of the molecule is COc1ccc2c(c1OC)C(=O)OC2C1=NCCc2cc3c(c(OC)c21)OCO3. The molecule has 0 amide bonds. The number of aliphatic imine (C=N–C) groups is 1. The maximum Gasteiger partial charge on any atom is 0.343 e. The van der Waals surface area contributed by atoms with Gasteiger partial charge < -0.3 is 28.4 Å². The molecule has 0 aromatic heterocycles. The Labute approximate surface area is 166 Å². The van der Waals surface area contributed by atoms with Gasteiger partial charge in [0.15, 0.2) is 29.1 Å². The van der Waals surface area contributed by atoms with Crippen LogP contribution < -0.4 is 23.7 Å². The molecule has 5 rings (SSSR count). The molecule has 29 heavy (non-hydrogen) atoms. The van der Waals surface area contributed by atoms with E-state index in [-0.39, 0.29) is 6.79 Å². The quantitative estimate of drug-likeness (QED) is 0.734. The zero-order valence-corrected chi connectivity index (χ0v) is 16.2. The minimum absolute atomic E-state index is 0.138. The third-order valence-electron chi connectivity index (χ3n) is 5.36. The van der Waals surface area contributed by atoms with Crippen molar-refractivity contribution in [3.63, 3.8) is 0 Å². The zero-order valence-electron chi connectivity index (χ0n) is 16.2. The van der Waals surface area contributed by atoms with Crippen LogP contribution in [0.4, 0.5) is 0 Å². The molecule has 3 aliphatic heterocycles. The van der Waals surface area contributed by atoms with Crippen molar-refractivity contribution in [3.05, 3.63) is 40.5 Å². The number of fused-ring (bicyclic) bond motifs is 3. The Kier molecular flexibility index (Phi) is 4.01. The maximum absolute atomic E-state index is 12.7. The second-order valence-corrected chi connectivity index (χ2v) is 6.75. The van der Waals surface area contributed by atoms with Gasteiger partial charge >= 0.3 is 5.97 Å². The van der Waals surface area contributed by atoms with Crippen LogP contribution in [0, 0.1) is 0 Å². The number of carbonyl (C=O) groups is 1. The Bertz CT molecular complexity index is 1060. The van der Waals surface area contributed by atoms with E-state index in [4.69, 9.17) is 33.4 Å². The Morgan fingerprint density at radius 2 is 1.86 bits per heavy atom. The summed E-state index contributed by atoms with van der Waals surface area (Å²) in [6.45, 7) is 0.709. The highest BCUT2D eigenvalue weighted by molar-refractivity contribution is 6.13. The summed E-state index contributed by atoms with van der Waals surface area (Å²) in [7, 11) is 4.60. The van der Waals surface area contributed by atoms with Crippen LogP contribution >= 0.6 is 0 Å². The van der Waals surface area contributed by atoms with E-state index < -0.39 is 12.1 Å². The number of carbonyl (C=O) groups excluding carboxylic acids is 1. The van der Waals surface area contributed by atoms with Crippen LogP contribution in [-0.2, 0) is 11.2 Å². The van der Waals surface area contributed by atoms with Crippen LogP contribution in [0.3, 0.4) is 0 Å². The van der Waals surface area contributed by atoms with E-state index >= 15 is 0 Å². The molecule has 2 aromatic carbocycles. The van der Waals surface area contributed by atoms with Gasteiger partial charge in [-0.25, -0.2) is 4.79 Å². The minimum Gasteiger partial charge on any atom is -0.493 e. The van der Waals surface area contributed by atoms with E-state index in [0.717, 1.165) is 17.5 Å². The van der Waals surface area contributed by atoms with E-state index in [0.29, 0.717) is 52.1 Å². The van der Waals surface area contributed by atoms with Crippen LogP contribution in [0.15, 0.2) is 23.2 Å². The number of methoxy groups -OCH3 is 3. The van der Waals surface area contributed by atoms with Crippen LogP contribution in [-0.4, -0.2) is 46.3 Å². The van der Waals surface area contributed by atoms with Gasteiger partial charge in [-0.3, -0.25) is 4.99 Å². The lowest BCUT2D eigenvalue weighted by Gasteiger charge is -2.24. The molecule has 0 aliphatic carbocycles. The van der Waals surface area contributed by atoms with E-state index in [1.165, 1.54) is 14.2 Å². The van der Waals surface area contributed by atoms with Crippen LogP contribution in [0.25, 0.3) is 0 Å². The number of cyclic esters (lactones) is 1. The summed E-state index contributed by atoms with van der Waals surface area (Å²) in [5.74, 6) is 2.08. The molecule has 8 heteroatoms. The fourth-order valence-electron chi connectivity index (χ4n) is 4.13. The molecule has 150 valence electrons. The molecular formula is C21H19NO7. The largest absolute Gasteiger partial charge is 0.493 e. The van der Waals surface area contributed by atoms with Gasteiger partial charge in [-0.05, 0) is 24.1 Å². The third kappa shape index (κ3) is 2.45. The molecule has 0 bridgehead atoms. The number of benzene rings is 2. The van der Waals surface area contributed by atoms with Crippen LogP contribution in [0.5, 0.6) is 28.7 Å². The average molecular weight is 397 g/mol. The van der Waals surface area contributed by atoms with Crippen molar-refractivity contribution in [1.82, 2.24) is 0 Å². The number of nitrogens with zero attached hydrogens (tertiary/aromatic N) is 1. The number of rotatable bonds is 4. The van der Waals surface area contributed by atoms with E-state index in [1.807, 2.05) is 12.1 Å². The average Bonchev–Trinajstić information content (AvgIpc) is 3.35. The van der Waals surface area contributed by atoms with Crippen molar-refractivity contribution >= 4 is 11.7 Å². The van der Waals surface area contributed by atoms with E-state index in [9.17, 15) is 4.79 Å². The smallest absolute Gasteiger partial charge is 0.343 e. The highest BCUT2D eigenvalue weighted by atomic mass is 16.7. The second kappa shape index (κ2) is 6.58. The molecule has 2 aromatic rings. The lowest BCUT2D eigenvalue weighted by molar-refractivity contribution is 0.0491. The van der Waals surface area contributed by atoms with Gasteiger partial charge in [-0.2, -0.15) is 0 Å². The molecule has 0 saturated carbocycles. The first kappa shape index (κ1) is 17.7. The van der Waals surface area contributed by atoms with Gasteiger partial charge in [-0.1, -0.05) is 6.07 Å². The van der Waals surface area contributed by atoms with Gasteiger partial charge in [0, 0.05) is 17.7 Å². The molecule has 3 heterocycles. The summed E-state index contributed by atoms with van der Waals surface area (Å²) in [4.78, 5) is 17.4. The monoisotopic (exact) mass is 397 g/mol. The normalized spacial score (nSPS) is 18.5. The lowest BCUT2D eigenvalue weighted by atomic mass is 9.89. The third-order valence-corrected chi connectivity index (χ3v) is 5.36. The Hall–Kier alpha value is -3.42. The molecule has 0 radical (unpaired) electrons. The number of hydrogen-bond donors (Lipinski definition) is 0. The highest BCUT2D eigenvalue weighted by Crippen LogP contribution is 2.49. The van der Waals surface area contributed by atoms with Crippen molar-refractivity contribution in [2.75, 3.05) is 34.7 Å². The standard InChI is InChI=1S/C21H19NO7/c1-24-12-5-4-11-15(18(12)25-2)21(23)29-17(11)16-14-10(6-7-22-16)8-13-19(20(14)26-3)28-9-27-13/h4-5,8,17H,6-7,9H2,1-3H3. The number of ether oxygens (including phenoxy) is 6. The molecule has 3 aliphatic rings. The summed E-state index contributed by atoms with van der Waals surface area (Å²) < 4.78 is 33.3. The topological polar surface area (TPSA) is 84.8 Å². The Morgan fingerprint density at radius 3 is 2.62 bits per heavy atom. The van der Waals surface area contributed by atoms with Crippen molar-refractivity contribution in [2.45, 2.75) is 12.5 Å². The predicted octanol–water partition coefficient (Wildman–Crippen LogP) is 2.70. The van der Waals surface area contributed by atoms with Crippen LogP contribution in [0.2, 0.25) is 0 Å². The first-order chi connectivity index (χ1) is 14.2. The number of esters is 1. The maximum atomic E-state index is 12.7. The van der Waals surface area contributed by atoms with Crippen molar-refractivity contribution < 1.29 is 33.2 Å². The summed E-state index contributed by atoms with van der Waals surface area (Å²) in [5.41, 5.74) is 3.45. The molecule has 0 spiro atoms. The Balaban J connectivity index is 1.68. The Morgan fingerprint density at radius 1 is 1.03 bits per heavy atom. The summed E-state index contributed by atoms with van der Waals surface area (Å²) in [5, 5.41) is 0. The lowest BCUT2D eigenvalue weighted by Crippen LogP contribution is -2.21. The van der Waals surface area contributed by atoms with Gasteiger partial charge in [0.25, 0.3) is 0 Å². The van der Waals surface area contributed by atoms with E-state index in [1.54, 1.807) is 13.2 Å². The van der Waals surface area contributed by atoms with Crippen LogP contribution in [0.1, 0.15) is 33.2 Å². The second-order valence-electron chi connectivity index (χ2n) is 6.75. The van der Waals surface area contributed by atoms with Gasteiger partial charge in [-0.15, -0.1) is 0 Å². The van der Waals surface area contributed by atoms with Gasteiger partial charge in [0.2, 0.25) is 12.5 Å². The molecule has 1 atom stereocenters. The molecule has 0 N–H and O–H groups in total. The fourth-order valence-corrected chi connectivity index (χ4v) is 4.13. The first-order valence-corrected chi connectivity index (χ1v) is 9.18. The first-order valence-electron chi connectivity index (χ1n) is 9.18. The molecule has 8 nitrogen and oxygen atoms in total. The molecule has 1 unspecified atom stereocenters.